The molecule has 4 nitrogen and oxygen atoms in total. The number of hydrogen-bond donors (Lipinski definition) is 1. The van der Waals surface area contributed by atoms with Crippen molar-refractivity contribution in [1.29, 1.82) is 0 Å². The SMILES string of the molecule is Nc1cc(C(F)F)c(F)nc1S(=O)(=O)Cl. The first kappa shape index (κ1) is 12.1. The summed E-state index contributed by atoms with van der Waals surface area (Å²) >= 11 is 0. The van der Waals surface area contributed by atoms with Crippen molar-refractivity contribution >= 4 is 25.4 Å². The highest BCUT2D eigenvalue weighted by Gasteiger charge is 2.23. The van der Waals surface area contributed by atoms with E-state index in [1.807, 2.05) is 0 Å². The zero-order chi connectivity index (χ0) is 11.8. The smallest absolute Gasteiger partial charge is 0.280 e. The monoisotopic (exact) mass is 260 g/mol. The van der Waals surface area contributed by atoms with Crippen LogP contribution in [0, 0.1) is 5.95 Å². The number of halogens is 4. The first-order chi connectivity index (χ1) is 6.73. The third-order valence-electron chi connectivity index (χ3n) is 1.46. The minimum Gasteiger partial charge on any atom is -0.396 e. The van der Waals surface area contributed by atoms with Crippen LogP contribution in [0.1, 0.15) is 12.0 Å². The molecule has 0 amide bonds. The Morgan fingerprint density at radius 1 is 1.47 bits per heavy atom. The Morgan fingerprint density at radius 3 is 2.40 bits per heavy atom. The third-order valence-corrected chi connectivity index (χ3v) is 2.69. The number of alkyl halides is 2. The summed E-state index contributed by atoms with van der Waals surface area (Å²) in [5.41, 5.74) is 3.39. The van der Waals surface area contributed by atoms with Gasteiger partial charge in [-0.3, -0.25) is 0 Å². The molecule has 0 atom stereocenters. The lowest BCUT2D eigenvalue weighted by molar-refractivity contribution is 0.145. The van der Waals surface area contributed by atoms with Crippen LogP contribution >= 0.6 is 10.7 Å². The lowest BCUT2D eigenvalue weighted by Crippen LogP contribution is -2.06. The molecule has 0 saturated carbocycles. The Morgan fingerprint density at radius 2 is 2.00 bits per heavy atom. The Hall–Kier alpha value is -1.02. The summed E-state index contributed by atoms with van der Waals surface area (Å²) < 4.78 is 58.6. The molecular formula is C6H4ClF3N2O2S. The standard InChI is InChI=1S/C6H4ClF3N2O2S/c7-15(13,14)6-3(11)1-2(4(8)9)5(10)12-6/h1,4H,11H2. The van der Waals surface area contributed by atoms with Gasteiger partial charge in [0.1, 0.15) is 0 Å². The molecule has 84 valence electrons. The fourth-order valence-corrected chi connectivity index (χ4v) is 1.76. The lowest BCUT2D eigenvalue weighted by Gasteiger charge is -2.05. The molecular weight excluding hydrogens is 257 g/mol. The summed E-state index contributed by atoms with van der Waals surface area (Å²) in [7, 11) is 0.496. The van der Waals surface area contributed by atoms with Gasteiger partial charge in [0.2, 0.25) is 5.95 Å². The molecule has 0 aliphatic heterocycles. The van der Waals surface area contributed by atoms with Gasteiger partial charge in [-0.25, -0.2) is 22.2 Å². The highest BCUT2D eigenvalue weighted by molar-refractivity contribution is 8.13. The highest BCUT2D eigenvalue weighted by atomic mass is 35.7. The number of anilines is 1. The maximum Gasteiger partial charge on any atom is 0.280 e. The summed E-state index contributed by atoms with van der Waals surface area (Å²) in [6.07, 6.45) is -3.13. The minimum absolute atomic E-state index is 0.488. The first-order valence-corrected chi connectivity index (χ1v) is 5.73. The molecule has 9 heteroatoms. The largest absolute Gasteiger partial charge is 0.396 e. The third kappa shape index (κ3) is 2.51. The Kier molecular flexibility index (Phi) is 3.10. The molecule has 0 radical (unpaired) electrons. The van der Waals surface area contributed by atoms with E-state index in [9.17, 15) is 21.6 Å². The van der Waals surface area contributed by atoms with E-state index in [2.05, 4.69) is 4.98 Å². The molecule has 1 aromatic heterocycles. The molecule has 0 fully saturated rings. The summed E-state index contributed by atoms with van der Waals surface area (Å²) in [4.78, 5) is 2.77. The van der Waals surface area contributed by atoms with Gasteiger partial charge >= 0.3 is 0 Å². The Bertz CT molecular complexity index is 491. The van der Waals surface area contributed by atoms with Crippen LogP contribution < -0.4 is 5.73 Å². The van der Waals surface area contributed by atoms with Gasteiger partial charge in [-0.05, 0) is 6.07 Å². The predicted octanol–water partition coefficient (Wildman–Crippen LogP) is 1.67. The maximum absolute atomic E-state index is 12.8. The number of nitrogens with zero attached hydrogens (tertiary/aromatic N) is 1. The Balaban J connectivity index is 3.46. The fourth-order valence-electron chi connectivity index (χ4n) is 0.855. The number of nitrogens with two attached hydrogens (primary N) is 1. The molecule has 1 rings (SSSR count). The summed E-state index contributed by atoms with van der Waals surface area (Å²) in [5.74, 6) is -1.61. The molecule has 0 aliphatic rings. The van der Waals surface area contributed by atoms with Gasteiger partial charge in [-0.15, -0.1) is 0 Å². The summed E-state index contributed by atoms with van der Waals surface area (Å²) in [6.45, 7) is 0. The number of aromatic nitrogens is 1. The van der Waals surface area contributed by atoms with Crippen molar-refractivity contribution in [3.05, 3.63) is 17.6 Å². The fraction of sp³-hybridized carbons (Fsp3) is 0.167. The topological polar surface area (TPSA) is 73.0 Å². The number of pyridine rings is 1. The van der Waals surface area contributed by atoms with Gasteiger partial charge in [0, 0.05) is 10.7 Å². The normalized spacial score (nSPS) is 12.1. The van der Waals surface area contributed by atoms with E-state index in [1.54, 1.807) is 0 Å². The van der Waals surface area contributed by atoms with Crippen molar-refractivity contribution in [2.75, 3.05) is 5.73 Å². The number of nitrogen functional groups attached to an aromatic ring is 1. The highest BCUT2D eigenvalue weighted by Crippen LogP contribution is 2.27. The molecule has 0 aromatic carbocycles. The van der Waals surface area contributed by atoms with Gasteiger partial charge in [0.25, 0.3) is 15.5 Å². The zero-order valence-corrected chi connectivity index (χ0v) is 8.49. The molecule has 0 bridgehead atoms. The van der Waals surface area contributed by atoms with Crippen molar-refractivity contribution in [2.24, 2.45) is 0 Å². The predicted molar refractivity (Wildman–Crippen MR) is 46.6 cm³/mol. The average Bonchev–Trinajstić information content (AvgIpc) is 2.06. The van der Waals surface area contributed by atoms with E-state index in [4.69, 9.17) is 16.4 Å². The minimum atomic E-state index is -4.35. The quantitative estimate of drug-likeness (QED) is 0.648. The van der Waals surface area contributed by atoms with Gasteiger partial charge in [0.05, 0.1) is 11.3 Å². The van der Waals surface area contributed by atoms with Crippen LogP contribution in [0.25, 0.3) is 0 Å². The van der Waals surface area contributed by atoms with E-state index < -0.39 is 37.7 Å². The summed E-state index contributed by atoms with van der Waals surface area (Å²) in [6, 6.07) is 0.488. The molecule has 15 heavy (non-hydrogen) atoms. The molecule has 0 spiro atoms. The molecule has 0 aliphatic carbocycles. The van der Waals surface area contributed by atoms with Gasteiger partial charge in [0.15, 0.2) is 5.03 Å². The molecule has 0 saturated heterocycles. The van der Waals surface area contributed by atoms with E-state index in [0.717, 1.165) is 0 Å². The van der Waals surface area contributed by atoms with Crippen LogP contribution in [0.2, 0.25) is 0 Å². The van der Waals surface area contributed by atoms with Crippen molar-refractivity contribution < 1.29 is 21.6 Å². The van der Waals surface area contributed by atoms with Crippen molar-refractivity contribution in [3.8, 4) is 0 Å². The van der Waals surface area contributed by atoms with Crippen molar-refractivity contribution in [1.82, 2.24) is 4.98 Å². The molecule has 2 N–H and O–H groups in total. The zero-order valence-electron chi connectivity index (χ0n) is 6.92. The van der Waals surface area contributed by atoms with Crippen LogP contribution in [0.15, 0.2) is 11.1 Å². The van der Waals surface area contributed by atoms with Crippen molar-refractivity contribution in [3.63, 3.8) is 0 Å². The molecule has 0 unspecified atom stereocenters. The van der Waals surface area contributed by atoms with E-state index in [-0.39, 0.29) is 0 Å². The van der Waals surface area contributed by atoms with Gasteiger partial charge in [-0.2, -0.15) is 4.39 Å². The van der Waals surface area contributed by atoms with Crippen LogP contribution in [-0.4, -0.2) is 13.4 Å². The van der Waals surface area contributed by atoms with E-state index in [0.29, 0.717) is 6.07 Å². The number of hydrogen-bond acceptors (Lipinski definition) is 4. The average molecular weight is 261 g/mol. The molecule has 1 heterocycles. The van der Waals surface area contributed by atoms with Crippen molar-refractivity contribution in [2.45, 2.75) is 11.5 Å². The summed E-state index contributed by atoms with van der Waals surface area (Å²) in [5, 5.41) is -0.967. The second kappa shape index (κ2) is 3.86. The van der Waals surface area contributed by atoms with E-state index >= 15 is 0 Å². The van der Waals surface area contributed by atoms with E-state index in [1.165, 1.54) is 0 Å². The molecule has 1 aromatic rings. The second-order valence-corrected chi connectivity index (χ2v) is 4.98. The maximum atomic E-state index is 12.8. The second-order valence-electron chi connectivity index (χ2n) is 2.50. The lowest BCUT2D eigenvalue weighted by atomic mass is 10.2. The van der Waals surface area contributed by atoms with Gasteiger partial charge in [-0.1, -0.05) is 0 Å². The van der Waals surface area contributed by atoms with Crippen LogP contribution in [-0.2, 0) is 9.05 Å². The first-order valence-electron chi connectivity index (χ1n) is 3.42. The Labute approximate surface area is 87.3 Å². The van der Waals surface area contributed by atoms with Crippen LogP contribution in [0.5, 0.6) is 0 Å². The van der Waals surface area contributed by atoms with Crippen LogP contribution in [0.4, 0.5) is 18.9 Å². The van der Waals surface area contributed by atoms with Gasteiger partial charge < -0.3 is 5.73 Å². The number of rotatable bonds is 2. The van der Waals surface area contributed by atoms with Crippen LogP contribution in [0.3, 0.4) is 0 Å².